The van der Waals surface area contributed by atoms with Crippen molar-refractivity contribution in [2.24, 2.45) is 0 Å². The van der Waals surface area contributed by atoms with E-state index in [-0.39, 0.29) is 18.5 Å². The number of nitrogens with one attached hydrogen (secondary N) is 3. The van der Waals surface area contributed by atoms with Crippen LogP contribution in [0, 0.1) is 0 Å². The third-order valence-electron chi connectivity index (χ3n) is 5.59. The number of fused-ring (bicyclic) bond motifs is 1. The predicted octanol–water partition coefficient (Wildman–Crippen LogP) is 3.66. The van der Waals surface area contributed by atoms with Gasteiger partial charge in [0.15, 0.2) is 0 Å². The maximum absolute atomic E-state index is 12.7. The summed E-state index contributed by atoms with van der Waals surface area (Å²) in [6.07, 6.45) is 3.93. The van der Waals surface area contributed by atoms with Gasteiger partial charge in [-0.15, -0.1) is 0 Å². The van der Waals surface area contributed by atoms with Gasteiger partial charge in [-0.2, -0.15) is 5.10 Å². The van der Waals surface area contributed by atoms with E-state index in [0.717, 1.165) is 33.4 Å². The highest BCUT2D eigenvalue weighted by Crippen LogP contribution is 2.21. The van der Waals surface area contributed by atoms with Gasteiger partial charge in [-0.3, -0.25) is 19.8 Å². The molecule has 8 nitrogen and oxygen atoms in total. The maximum Gasteiger partial charge on any atom is 0.321 e. The van der Waals surface area contributed by atoms with E-state index in [1.54, 1.807) is 23.4 Å². The lowest BCUT2D eigenvalue weighted by atomic mass is 10.0. The van der Waals surface area contributed by atoms with Crippen molar-refractivity contribution in [1.29, 1.82) is 0 Å². The molecule has 1 aliphatic heterocycles. The van der Waals surface area contributed by atoms with E-state index in [4.69, 9.17) is 11.6 Å². The number of hydrogen-bond donors (Lipinski definition) is 3. The van der Waals surface area contributed by atoms with E-state index in [1.165, 1.54) is 0 Å². The van der Waals surface area contributed by atoms with E-state index in [9.17, 15) is 9.59 Å². The Morgan fingerprint density at radius 3 is 2.73 bits per heavy atom. The molecule has 0 atom stereocenters. The first kappa shape index (κ1) is 21.0. The number of halogens is 1. The Morgan fingerprint density at radius 1 is 1.09 bits per heavy atom. The molecule has 2 aromatic heterocycles. The van der Waals surface area contributed by atoms with Crippen molar-refractivity contribution in [3.05, 3.63) is 88.3 Å². The minimum atomic E-state index is -0.224. The number of hydrogen-bond acceptors (Lipinski definition) is 4. The lowest BCUT2D eigenvalue weighted by molar-refractivity contribution is 0.0950. The van der Waals surface area contributed by atoms with Crippen molar-refractivity contribution >= 4 is 40.1 Å². The number of aromatic amines is 1. The fourth-order valence-corrected chi connectivity index (χ4v) is 4.07. The predicted molar refractivity (Wildman–Crippen MR) is 127 cm³/mol. The number of aromatic nitrogens is 3. The van der Waals surface area contributed by atoms with Crippen LogP contribution in [0.4, 0.5) is 10.5 Å². The van der Waals surface area contributed by atoms with Crippen LogP contribution in [-0.2, 0) is 13.0 Å². The number of rotatable bonds is 6. The van der Waals surface area contributed by atoms with Gasteiger partial charge < -0.3 is 10.6 Å². The molecule has 3 heterocycles. The first-order chi connectivity index (χ1) is 16.1. The number of urea groups is 1. The van der Waals surface area contributed by atoms with Crippen molar-refractivity contribution < 1.29 is 9.59 Å². The lowest BCUT2D eigenvalue weighted by Gasteiger charge is -2.14. The van der Waals surface area contributed by atoms with Crippen LogP contribution < -0.4 is 15.5 Å². The molecular weight excluding hydrogens is 440 g/mol. The molecule has 0 saturated carbocycles. The SMILES string of the molecule is O=C(NCc1n[nH]c2ccc(Cl)cc12)c1cncc(Cc2ccc(N3CCNC3=O)cc2)c1. The molecule has 5 rings (SSSR count). The molecule has 0 bridgehead atoms. The van der Waals surface area contributed by atoms with E-state index in [1.807, 2.05) is 42.5 Å². The van der Waals surface area contributed by atoms with Crippen molar-refractivity contribution in [1.82, 2.24) is 25.8 Å². The molecule has 1 fully saturated rings. The molecule has 0 radical (unpaired) electrons. The van der Waals surface area contributed by atoms with Crippen LogP contribution in [0.1, 0.15) is 27.2 Å². The number of anilines is 1. The zero-order chi connectivity index (χ0) is 22.8. The summed E-state index contributed by atoms with van der Waals surface area (Å²) in [5.74, 6) is -0.224. The van der Waals surface area contributed by atoms with Crippen LogP contribution in [0.3, 0.4) is 0 Å². The Bertz CT molecular complexity index is 1330. The summed E-state index contributed by atoms with van der Waals surface area (Å²) in [5, 5.41) is 14.4. The molecule has 0 aliphatic carbocycles. The second kappa shape index (κ2) is 8.91. The van der Waals surface area contributed by atoms with E-state index >= 15 is 0 Å². The van der Waals surface area contributed by atoms with Gasteiger partial charge in [-0.25, -0.2) is 4.79 Å². The Labute approximate surface area is 195 Å². The quantitative estimate of drug-likeness (QED) is 0.408. The number of nitrogens with zero attached hydrogens (tertiary/aromatic N) is 3. The largest absolute Gasteiger partial charge is 0.346 e. The normalized spacial score (nSPS) is 13.4. The van der Waals surface area contributed by atoms with Crippen molar-refractivity contribution in [3.63, 3.8) is 0 Å². The van der Waals surface area contributed by atoms with Gasteiger partial charge in [-0.05, 0) is 53.9 Å². The van der Waals surface area contributed by atoms with Crippen molar-refractivity contribution in [2.45, 2.75) is 13.0 Å². The number of benzene rings is 2. The summed E-state index contributed by atoms with van der Waals surface area (Å²) in [6.45, 7) is 1.60. The van der Waals surface area contributed by atoms with Gasteiger partial charge in [0.05, 0.1) is 23.3 Å². The average Bonchev–Trinajstić information content (AvgIpc) is 3.44. The van der Waals surface area contributed by atoms with Gasteiger partial charge in [0.1, 0.15) is 0 Å². The number of amides is 3. The Kier molecular flexibility index (Phi) is 5.66. The third kappa shape index (κ3) is 4.51. The molecule has 3 amide bonds. The fourth-order valence-electron chi connectivity index (χ4n) is 3.90. The summed E-state index contributed by atoms with van der Waals surface area (Å²) in [7, 11) is 0. The van der Waals surface area contributed by atoms with Crippen molar-refractivity contribution in [3.8, 4) is 0 Å². The standard InChI is InChI=1S/C24H21ClN6O2/c25-18-3-6-21-20(11-18)22(30-29-21)14-28-23(32)17-10-16(12-26-13-17)9-15-1-4-19(5-2-15)31-8-7-27-24(31)33/h1-6,10-13H,7-9,14H2,(H,27,33)(H,28,32)(H,29,30). The van der Waals surface area contributed by atoms with E-state index in [0.29, 0.717) is 30.1 Å². The molecule has 0 unspecified atom stereocenters. The van der Waals surface area contributed by atoms with Gasteiger partial charge >= 0.3 is 6.03 Å². The van der Waals surface area contributed by atoms with E-state index in [2.05, 4.69) is 25.8 Å². The summed E-state index contributed by atoms with van der Waals surface area (Å²) >= 11 is 6.08. The van der Waals surface area contributed by atoms with E-state index < -0.39 is 0 Å². The highest BCUT2D eigenvalue weighted by Gasteiger charge is 2.20. The van der Waals surface area contributed by atoms with Gasteiger partial charge in [-0.1, -0.05) is 23.7 Å². The minimum Gasteiger partial charge on any atom is -0.346 e. The van der Waals surface area contributed by atoms with Gasteiger partial charge in [0.2, 0.25) is 0 Å². The lowest BCUT2D eigenvalue weighted by Crippen LogP contribution is -2.27. The highest BCUT2D eigenvalue weighted by molar-refractivity contribution is 6.31. The molecule has 3 N–H and O–H groups in total. The first-order valence-corrected chi connectivity index (χ1v) is 10.9. The molecular formula is C24H21ClN6O2. The molecule has 166 valence electrons. The summed E-state index contributed by atoms with van der Waals surface area (Å²) in [6, 6.07) is 15.1. The number of pyridine rings is 1. The second-order valence-electron chi connectivity index (χ2n) is 7.85. The summed E-state index contributed by atoms with van der Waals surface area (Å²) < 4.78 is 0. The zero-order valence-electron chi connectivity index (χ0n) is 17.6. The second-order valence-corrected chi connectivity index (χ2v) is 8.29. The molecule has 2 aromatic carbocycles. The van der Waals surface area contributed by atoms with Crippen LogP contribution >= 0.6 is 11.6 Å². The monoisotopic (exact) mass is 460 g/mol. The molecule has 0 spiro atoms. The topological polar surface area (TPSA) is 103 Å². The smallest absolute Gasteiger partial charge is 0.321 e. The number of carbonyl (C=O) groups is 2. The van der Waals surface area contributed by atoms with Crippen LogP contribution in [0.5, 0.6) is 0 Å². The molecule has 9 heteroatoms. The maximum atomic E-state index is 12.7. The Morgan fingerprint density at radius 2 is 1.94 bits per heavy atom. The summed E-state index contributed by atoms with van der Waals surface area (Å²) in [4.78, 5) is 30.5. The Hall–Kier alpha value is -3.91. The Balaban J connectivity index is 1.24. The highest BCUT2D eigenvalue weighted by atomic mass is 35.5. The zero-order valence-corrected chi connectivity index (χ0v) is 18.4. The minimum absolute atomic E-state index is 0.0726. The van der Waals surface area contributed by atoms with Crippen LogP contribution in [-0.4, -0.2) is 40.2 Å². The van der Waals surface area contributed by atoms with Crippen LogP contribution in [0.2, 0.25) is 5.02 Å². The summed E-state index contributed by atoms with van der Waals surface area (Å²) in [5.41, 5.74) is 4.92. The van der Waals surface area contributed by atoms with Crippen LogP contribution in [0.15, 0.2) is 60.9 Å². The van der Waals surface area contributed by atoms with Gasteiger partial charge in [0, 0.05) is 41.6 Å². The number of carbonyl (C=O) groups excluding carboxylic acids is 2. The molecule has 1 aliphatic rings. The third-order valence-corrected chi connectivity index (χ3v) is 5.83. The first-order valence-electron chi connectivity index (χ1n) is 10.6. The molecule has 4 aromatic rings. The van der Waals surface area contributed by atoms with Crippen LogP contribution in [0.25, 0.3) is 10.9 Å². The number of H-pyrrole nitrogens is 1. The van der Waals surface area contributed by atoms with Gasteiger partial charge in [0.25, 0.3) is 5.91 Å². The van der Waals surface area contributed by atoms with Crippen molar-refractivity contribution in [2.75, 3.05) is 18.0 Å². The average molecular weight is 461 g/mol. The molecule has 33 heavy (non-hydrogen) atoms. The fraction of sp³-hybridized carbons (Fsp3) is 0.167. The molecule has 1 saturated heterocycles.